The van der Waals surface area contributed by atoms with Gasteiger partial charge in [0, 0.05) is 17.7 Å². The minimum atomic E-state index is -4.84. The number of hydrogen-bond donors (Lipinski definition) is 3. The topological polar surface area (TPSA) is 144 Å². The zero-order valence-corrected chi connectivity index (χ0v) is 26.3. The van der Waals surface area contributed by atoms with Gasteiger partial charge in [-0.15, -0.1) is 0 Å². The highest BCUT2D eigenvalue weighted by Crippen LogP contribution is 2.52. The van der Waals surface area contributed by atoms with Gasteiger partial charge in [0.1, 0.15) is 23.1 Å². The van der Waals surface area contributed by atoms with Crippen molar-refractivity contribution in [1.29, 1.82) is 0 Å². The first-order valence-corrected chi connectivity index (χ1v) is 15.7. The number of carbonyl (C=O) groups is 2. The SMILES string of the molecule is O=C(COc1ccc(Cl)c(F)c1)NC12CCC(N(I)C(=O)COc3ccc(Cl)c(F)c3)(CC1)[C@@H](OCOP(=O)(O)O)C2. The average Bonchev–Trinajstić information content (AvgIpc) is 2.93. The van der Waals surface area contributed by atoms with Gasteiger partial charge in [0.05, 0.1) is 44.6 Å². The fourth-order valence-electron chi connectivity index (χ4n) is 5.19. The second-order valence-corrected chi connectivity index (χ2v) is 13.0. The number of hydrogen-bond acceptors (Lipinski definition) is 7. The second-order valence-electron chi connectivity index (χ2n) is 9.93. The molecule has 2 bridgehead atoms. The molecule has 2 aromatic carbocycles. The molecule has 0 saturated heterocycles. The number of fused-ring (bicyclic) bond motifs is 3. The number of benzene rings is 2. The lowest BCUT2D eigenvalue weighted by molar-refractivity contribution is -0.167. The number of carbonyl (C=O) groups excluding carboxylic acids is 2. The number of amides is 2. The van der Waals surface area contributed by atoms with Gasteiger partial charge in [-0.05, 0) is 56.4 Å². The molecular weight excluding hydrogens is 739 g/mol. The minimum absolute atomic E-state index is 0.0828. The summed E-state index contributed by atoms with van der Waals surface area (Å²) in [6, 6.07) is 7.58. The molecule has 230 valence electrons. The molecule has 3 saturated carbocycles. The second kappa shape index (κ2) is 13.5. The first kappa shape index (κ1) is 33.1. The Morgan fingerprint density at radius 2 is 1.55 bits per heavy atom. The van der Waals surface area contributed by atoms with Crippen LogP contribution >= 0.6 is 53.9 Å². The summed E-state index contributed by atoms with van der Waals surface area (Å²) in [5.41, 5.74) is -1.69. The normalized spacial score (nSPS) is 23.4. The van der Waals surface area contributed by atoms with Crippen molar-refractivity contribution >= 4 is 65.7 Å². The third-order valence-corrected chi connectivity index (χ3v) is 9.82. The van der Waals surface area contributed by atoms with E-state index in [0.717, 1.165) is 12.1 Å². The highest BCUT2D eigenvalue weighted by Gasteiger charge is 2.59. The Kier molecular flexibility index (Phi) is 10.6. The molecule has 11 nitrogen and oxygen atoms in total. The van der Waals surface area contributed by atoms with Crippen LogP contribution in [0.2, 0.25) is 10.0 Å². The summed E-state index contributed by atoms with van der Waals surface area (Å²) in [6.45, 7) is -1.59. The van der Waals surface area contributed by atoms with Gasteiger partial charge in [0.15, 0.2) is 20.0 Å². The Balaban J connectivity index is 1.43. The maximum atomic E-state index is 13.8. The van der Waals surface area contributed by atoms with Crippen LogP contribution in [-0.4, -0.2) is 61.9 Å². The number of phosphoric ester groups is 1. The maximum Gasteiger partial charge on any atom is 0.471 e. The molecule has 2 aromatic rings. The van der Waals surface area contributed by atoms with Crippen molar-refractivity contribution in [2.75, 3.05) is 20.0 Å². The number of halogens is 5. The zero-order chi connectivity index (χ0) is 30.7. The van der Waals surface area contributed by atoms with Crippen LogP contribution in [0.1, 0.15) is 32.1 Å². The molecule has 0 unspecified atom stereocenters. The third-order valence-electron chi connectivity index (χ3n) is 7.27. The Bertz CT molecular complexity index is 1380. The molecule has 5 rings (SSSR count). The van der Waals surface area contributed by atoms with Crippen LogP contribution in [-0.2, 0) is 23.4 Å². The van der Waals surface area contributed by atoms with Gasteiger partial charge in [-0.25, -0.2) is 13.3 Å². The van der Waals surface area contributed by atoms with E-state index >= 15 is 0 Å². The van der Waals surface area contributed by atoms with Crippen LogP contribution in [0.5, 0.6) is 11.5 Å². The Labute approximate surface area is 263 Å². The van der Waals surface area contributed by atoms with Crippen LogP contribution in [0.4, 0.5) is 8.78 Å². The summed E-state index contributed by atoms with van der Waals surface area (Å²) in [7, 11) is -4.84. The van der Waals surface area contributed by atoms with Gasteiger partial charge in [-0.3, -0.25) is 17.2 Å². The molecular formula is C25H26Cl2F2IN2O9P. The largest absolute Gasteiger partial charge is 0.484 e. The molecule has 0 heterocycles. The van der Waals surface area contributed by atoms with E-state index in [-0.39, 0.29) is 28.0 Å². The molecule has 17 heteroatoms. The number of nitrogens with one attached hydrogen (secondary N) is 1. The monoisotopic (exact) mass is 764 g/mol. The summed E-state index contributed by atoms with van der Waals surface area (Å²) < 4.78 is 61.2. The van der Waals surface area contributed by atoms with E-state index in [1.807, 2.05) is 22.9 Å². The number of nitrogens with zero attached hydrogens (tertiary/aromatic N) is 1. The quantitative estimate of drug-likeness (QED) is 0.119. The lowest BCUT2D eigenvalue weighted by Gasteiger charge is -2.59. The van der Waals surface area contributed by atoms with Crippen molar-refractivity contribution in [1.82, 2.24) is 8.43 Å². The van der Waals surface area contributed by atoms with Crippen molar-refractivity contribution in [3.63, 3.8) is 0 Å². The van der Waals surface area contributed by atoms with E-state index in [2.05, 4.69) is 9.84 Å². The summed E-state index contributed by atoms with van der Waals surface area (Å²) in [6.07, 6.45) is 1.01. The predicted octanol–water partition coefficient (Wildman–Crippen LogP) is 4.93. The number of ether oxygens (including phenoxy) is 3. The molecule has 0 spiro atoms. The van der Waals surface area contributed by atoms with Crippen LogP contribution in [0.15, 0.2) is 36.4 Å². The van der Waals surface area contributed by atoms with Crippen LogP contribution in [0, 0.1) is 11.6 Å². The van der Waals surface area contributed by atoms with Crippen molar-refractivity contribution in [3.05, 3.63) is 58.1 Å². The molecule has 0 aromatic heterocycles. The van der Waals surface area contributed by atoms with Gasteiger partial charge in [-0.2, -0.15) is 0 Å². The van der Waals surface area contributed by atoms with Gasteiger partial charge in [-0.1, -0.05) is 23.2 Å². The van der Waals surface area contributed by atoms with Crippen LogP contribution in [0.25, 0.3) is 0 Å². The van der Waals surface area contributed by atoms with Gasteiger partial charge in [0.25, 0.3) is 11.8 Å². The van der Waals surface area contributed by atoms with Crippen LogP contribution < -0.4 is 14.8 Å². The van der Waals surface area contributed by atoms with E-state index < -0.39 is 68.5 Å². The summed E-state index contributed by atoms with van der Waals surface area (Å²) in [4.78, 5) is 44.2. The molecule has 2 amide bonds. The Morgan fingerprint density at radius 3 is 2.07 bits per heavy atom. The molecule has 3 aliphatic carbocycles. The van der Waals surface area contributed by atoms with Gasteiger partial charge in [0.2, 0.25) is 0 Å². The fourth-order valence-corrected chi connectivity index (χ4v) is 6.56. The van der Waals surface area contributed by atoms with Gasteiger partial charge < -0.3 is 29.3 Å². The van der Waals surface area contributed by atoms with Crippen molar-refractivity contribution in [2.24, 2.45) is 0 Å². The lowest BCUT2D eigenvalue weighted by Crippen LogP contribution is -2.70. The molecule has 3 fully saturated rings. The zero-order valence-electron chi connectivity index (χ0n) is 21.7. The molecule has 3 N–H and O–H groups in total. The smallest absolute Gasteiger partial charge is 0.471 e. The molecule has 0 aliphatic heterocycles. The van der Waals surface area contributed by atoms with Crippen LogP contribution in [0.3, 0.4) is 0 Å². The average molecular weight is 765 g/mol. The maximum absolute atomic E-state index is 13.8. The standard InChI is InChI=1S/C25H26Cl2F2IN2O9P/c26-17-3-1-15(9-19(17)28)38-12-22(33)31-24-5-7-25(8-6-24,21(11-24)40-14-41-42(35,36)37)32(30)23(34)13-39-16-2-4-18(27)20(29)10-16/h1-4,9-10,21H,5-8,11-14H2,(H,31,33)(H2,35,36,37)/t21-,24?,25?/m0/s1. The molecule has 42 heavy (non-hydrogen) atoms. The highest BCUT2D eigenvalue weighted by molar-refractivity contribution is 14.1. The number of phosphoric acid groups is 1. The molecule has 3 aliphatic rings. The Morgan fingerprint density at radius 1 is 1.00 bits per heavy atom. The highest BCUT2D eigenvalue weighted by atomic mass is 127. The minimum Gasteiger partial charge on any atom is -0.484 e. The summed E-state index contributed by atoms with van der Waals surface area (Å²) in [5.74, 6) is -2.10. The van der Waals surface area contributed by atoms with E-state index in [9.17, 15) is 22.9 Å². The van der Waals surface area contributed by atoms with E-state index in [4.69, 9.17) is 47.2 Å². The van der Waals surface area contributed by atoms with Gasteiger partial charge >= 0.3 is 7.82 Å². The first-order chi connectivity index (χ1) is 19.7. The van der Waals surface area contributed by atoms with E-state index in [1.54, 1.807) is 0 Å². The number of rotatable bonds is 12. The third kappa shape index (κ3) is 8.03. The van der Waals surface area contributed by atoms with E-state index in [0.29, 0.717) is 25.7 Å². The summed E-state index contributed by atoms with van der Waals surface area (Å²) >= 11 is 13.2. The predicted molar refractivity (Wildman–Crippen MR) is 154 cm³/mol. The van der Waals surface area contributed by atoms with Crippen molar-refractivity contribution in [3.8, 4) is 11.5 Å². The Hall–Kier alpha value is -1.78. The molecule has 0 radical (unpaired) electrons. The summed E-state index contributed by atoms with van der Waals surface area (Å²) in [5, 5.41) is 2.79. The fraction of sp³-hybridized carbons (Fsp3) is 0.440. The first-order valence-electron chi connectivity index (χ1n) is 12.5. The van der Waals surface area contributed by atoms with Crippen molar-refractivity contribution in [2.45, 2.75) is 49.3 Å². The lowest BCUT2D eigenvalue weighted by atomic mass is 9.59. The molecule has 1 atom stereocenters. The van der Waals surface area contributed by atoms with Crippen molar-refractivity contribution < 1.29 is 51.5 Å². The van der Waals surface area contributed by atoms with E-state index in [1.165, 1.54) is 27.4 Å².